The number of rotatable bonds is 4. The highest BCUT2D eigenvalue weighted by Gasteiger charge is 2.53. The van der Waals surface area contributed by atoms with Crippen LogP contribution in [0, 0.1) is 0 Å². The molecule has 0 aromatic rings. The molecule has 3 fully saturated rings. The summed E-state index contributed by atoms with van der Waals surface area (Å²) in [6.07, 6.45) is 4.66. The number of hydrogen-bond acceptors (Lipinski definition) is 5. The quantitative estimate of drug-likeness (QED) is 0.802. The minimum Gasteiger partial charge on any atom is -0.394 e. The molecule has 1 aliphatic carbocycles. The highest BCUT2D eigenvalue weighted by molar-refractivity contribution is 5.08. The summed E-state index contributed by atoms with van der Waals surface area (Å²) >= 11 is 0. The van der Waals surface area contributed by atoms with Gasteiger partial charge in [0.15, 0.2) is 0 Å². The van der Waals surface area contributed by atoms with E-state index in [1.54, 1.807) is 0 Å². The van der Waals surface area contributed by atoms with Gasteiger partial charge in [-0.15, -0.1) is 0 Å². The molecular formula is C16H30N2O3. The summed E-state index contributed by atoms with van der Waals surface area (Å²) in [5, 5.41) is 13.7. The summed E-state index contributed by atoms with van der Waals surface area (Å²) in [6, 6.07) is 0.371. The molecule has 2 heterocycles. The lowest BCUT2D eigenvalue weighted by molar-refractivity contribution is -0.180. The Balaban J connectivity index is 1.63. The van der Waals surface area contributed by atoms with Crippen molar-refractivity contribution in [3.05, 3.63) is 0 Å². The molecule has 3 aliphatic rings. The lowest BCUT2D eigenvalue weighted by Gasteiger charge is -2.59. The monoisotopic (exact) mass is 298 g/mol. The predicted octanol–water partition coefficient (Wildman–Crippen LogP) is 0.759. The van der Waals surface area contributed by atoms with E-state index >= 15 is 0 Å². The van der Waals surface area contributed by atoms with Crippen LogP contribution in [0.3, 0.4) is 0 Å². The maximum Gasteiger partial charge on any atom is 0.0804 e. The molecule has 2 unspecified atom stereocenters. The maximum atomic E-state index is 10.0. The van der Waals surface area contributed by atoms with Crippen molar-refractivity contribution >= 4 is 0 Å². The van der Waals surface area contributed by atoms with Crippen molar-refractivity contribution in [3.63, 3.8) is 0 Å². The van der Waals surface area contributed by atoms with Crippen LogP contribution >= 0.6 is 0 Å². The second-order valence-electron chi connectivity index (χ2n) is 7.86. The Kier molecular flexibility index (Phi) is 4.08. The Morgan fingerprint density at radius 3 is 2.57 bits per heavy atom. The Morgan fingerprint density at radius 1 is 1.29 bits per heavy atom. The molecule has 0 radical (unpaired) electrons. The fraction of sp³-hybridized carbons (Fsp3) is 1.00. The Bertz CT molecular complexity index is 384. The zero-order valence-corrected chi connectivity index (χ0v) is 13.7. The van der Waals surface area contributed by atoms with E-state index in [-0.39, 0.29) is 23.3 Å². The molecule has 2 saturated heterocycles. The summed E-state index contributed by atoms with van der Waals surface area (Å²) in [4.78, 5) is 2.40. The minimum atomic E-state index is -0.300. The first-order chi connectivity index (χ1) is 9.91. The highest BCUT2D eigenvalue weighted by Crippen LogP contribution is 2.43. The van der Waals surface area contributed by atoms with Crippen LogP contribution in [0.25, 0.3) is 0 Å². The number of aliphatic hydroxyl groups excluding tert-OH is 1. The topological polar surface area (TPSA) is 54.0 Å². The molecule has 0 amide bonds. The van der Waals surface area contributed by atoms with Gasteiger partial charge in [-0.3, -0.25) is 4.90 Å². The van der Waals surface area contributed by atoms with Crippen LogP contribution in [0.2, 0.25) is 0 Å². The van der Waals surface area contributed by atoms with Crippen LogP contribution < -0.4 is 5.32 Å². The molecule has 0 bridgehead atoms. The summed E-state index contributed by atoms with van der Waals surface area (Å²) in [5.41, 5.74) is -0.173. The van der Waals surface area contributed by atoms with E-state index in [0.29, 0.717) is 12.6 Å². The lowest BCUT2D eigenvalue weighted by Crippen LogP contribution is -2.73. The number of likely N-dealkylation sites (N-methyl/N-ethyl adjacent to an activating group) is 1. The summed E-state index contributed by atoms with van der Waals surface area (Å²) in [6.45, 7) is 7.33. The molecule has 2 N–H and O–H groups in total. The molecule has 1 spiro atoms. The SMILES string of the molecule is CN1C2(CCC2)COCC1(CO)CNC1COC(C)(C)C1. The molecule has 21 heavy (non-hydrogen) atoms. The number of ether oxygens (including phenoxy) is 2. The van der Waals surface area contributed by atoms with Crippen LogP contribution in [0.1, 0.15) is 39.5 Å². The minimum absolute atomic E-state index is 0.0335. The van der Waals surface area contributed by atoms with Gasteiger partial charge in [0.2, 0.25) is 0 Å². The van der Waals surface area contributed by atoms with E-state index in [1.807, 2.05) is 0 Å². The fourth-order valence-electron chi connectivity index (χ4n) is 4.07. The third kappa shape index (κ3) is 2.75. The van der Waals surface area contributed by atoms with Crippen LogP contribution in [0.5, 0.6) is 0 Å². The van der Waals surface area contributed by atoms with E-state index in [4.69, 9.17) is 9.47 Å². The third-order valence-electron chi connectivity index (χ3n) is 5.88. The Labute approximate surface area is 128 Å². The van der Waals surface area contributed by atoms with Crippen LogP contribution in [-0.2, 0) is 9.47 Å². The molecule has 2 aliphatic heterocycles. The van der Waals surface area contributed by atoms with Crippen molar-refractivity contribution in [1.82, 2.24) is 10.2 Å². The Hall–Kier alpha value is -0.200. The van der Waals surface area contributed by atoms with Gasteiger partial charge in [-0.1, -0.05) is 0 Å². The summed E-state index contributed by atoms with van der Waals surface area (Å²) < 4.78 is 11.7. The maximum absolute atomic E-state index is 10.0. The van der Waals surface area contributed by atoms with Crippen molar-refractivity contribution < 1.29 is 14.6 Å². The molecule has 0 aromatic carbocycles. The van der Waals surface area contributed by atoms with Crippen LogP contribution in [0.4, 0.5) is 0 Å². The average molecular weight is 298 g/mol. The molecule has 5 nitrogen and oxygen atoms in total. The fourth-order valence-corrected chi connectivity index (χ4v) is 4.07. The van der Waals surface area contributed by atoms with Crippen LogP contribution in [0.15, 0.2) is 0 Å². The van der Waals surface area contributed by atoms with E-state index in [1.165, 1.54) is 19.3 Å². The van der Waals surface area contributed by atoms with Gasteiger partial charge in [-0.25, -0.2) is 0 Å². The van der Waals surface area contributed by atoms with Crippen molar-refractivity contribution in [2.75, 3.05) is 40.0 Å². The first-order valence-corrected chi connectivity index (χ1v) is 8.21. The first kappa shape index (κ1) is 15.7. The number of nitrogens with one attached hydrogen (secondary N) is 1. The summed E-state index contributed by atoms with van der Waals surface area (Å²) in [5.74, 6) is 0. The van der Waals surface area contributed by atoms with Crippen molar-refractivity contribution in [1.29, 1.82) is 0 Å². The second kappa shape index (κ2) is 5.46. The van der Waals surface area contributed by atoms with E-state index in [9.17, 15) is 5.11 Å². The number of nitrogens with zero attached hydrogens (tertiary/aromatic N) is 1. The van der Waals surface area contributed by atoms with E-state index in [0.717, 1.165) is 26.2 Å². The van der Waals surface area contributed by atoms with Gasteiger partial charge < -0.3 is 19.9 Å². The normalized spacial score (nSPS) is 38.6. The zero-order valence-electron chi connectivity index (χ0n) is 13.7. The standard InChI is InChI=1S/C16H30N2O3/c1-14(2)7-13(8-21-14)17-9-16(10-19)12-20-11-15(18(16)3)5-4-6-15/h13,17,19H,4-12H2,1-3H3. The number of hydrogen-bond donors (Lipinski definition) is 2. The highest BCUT2D eigenvalue weighted by atomic mass is 16.5. The number of morpholine rings is 1. The van der Waals surface area contributed by atoms with Gasteiger partial charge in [-0.2, -0.15) is 0 Å². The molecule has 2 atom stereocenters. The molecule has 1 saturated carbocycles. The average Bonchev–Trinajstić information content (AvgIpc) is 2.76. The largest absolute Gasteiger partial charge is 0.394 e. The molecule has 3 rings (SSSR count). The van der Waals surface area contributed by atoms with Gasteiger partial charge in [0, 0.05) is 18.1 Å². The smallest absolute Gasteiger partial charge is 0.0804 e. The lowest BCUT2D eigenvalue weighted by atomic mass is 9.72. The van der Waals surface area contributed by atoms with Gasteiger partial charge in [0.1, 0.15) is 0 Å². The van der Waals surface area contributed by atoms with E-state index in [2.05, 4.69) is 31.1 Å². The van der Waals surface area contributed by atoms with Crippen molar-refractivity contribution in [2.45, 2.75) is 62.3 Å². The van der Waals surface area contributed by atoms with Gasteiger partial charge in [0.05, 0.1) is 37.6 Å². The van der Waals surface area contributed by atoms with Gasteiger partial charge in [-0.05, 0) is 46.6 Å². The molecular weight excluding hydrogens is 268 g/mol. The van der Waals surface area contributed by atoms with Crippen molar-refractivity contribution in [3.8, 4) is 0 Å². The third-order valence-corrected chi connectivity index (χ3v) is 5.88. The molecule has 5 heteroatoms. The second-order valence-corrected chi connectivity index (χ2v) is 7.86. The Morgan fingerprint density at radius 2 is 2.05 bits per heavy atom. The molecule has 122 valence electrons. The van der Waals surface area contributed by atoms with Gasteiger partial charge >= 0.3 is 0 Å². The van der Waals surface area contributed by atoms with Gasteiger partial charge in [0.25, 0.3) is 0 Å². The first-order valence-electron chi connectivity index (χ1n) is 8.21. The van der Waals surface area contributed by atoms with Crippen molar-refractivity contribution in [2.24, 2.45) is 0 Å². The number of aliphatic hydroxyl groups is 1. The van der Waals surface area contributed by atoms with E-state index < -0.39 is 0 Å². The zero-order chi connectivity index (χ0) is 15.1. The van der Waals surface area contributed by atoms with Crippen LogP contribution in [-0.4, -0.2) is 72.7 Å². The predicted molar refractivity (Wildman–Crippen MR) is 81.4 cm³/mol. The summed E-state index contributed by atoms with van der Waals surface area (Å²) in [7, 11) is 2.16. The molecule has 0 aromatic heterocycles.